The lowest BCUT2D eigenvalue weighted by Gasteiger charge is -1.99. The number of hydrogen-bond acceptors (Lipinski definition) is 2. The van der Waals surface area contributed by atoms with E-state index in [4.69, 9.17) is 4.42 Å². The lowest BCUT2D eigenvalue weighted by Crippen LogP contribution is -1.97. The van der Waals surface area contributed by atoms with Gasteiger partial charge in [0.15, 0.2) is 0 Å². The molecule has 0 saturated heterocycles. The number of rotatable bonds is 2. The van der Waals surface area contributed by atoms with Gasteiger partial charge in [0, 0.05) is 10.9 Å². The molecular formula is C15H9FO3. The van der Waals surface area contributed by atoms with Crippen LogP contribution >= 0.6 is 0 Å². The predicted octanol–water partition coefficient (Wildman–Crippen LogP) is 3.94. The third kappa shape index (κ3) is 1.87. The quantitative estimate of drug-likeness (QED) is 0.755. The van der Waals surface area contributed by atoms with Crippen molar-refractivity contribution in [2.45, 2.75) is 0 Å². The van der Waals surface area contributed by atoms with Crippen molar-refractivity contribution >= 4 is 16.9 Å². The molecule has 19 heavy (non-hydrogen) atoms. The van der Waals surface area contributed by atoms with Gasteiger partial charge in [0.05, 0.1) is 0 Å². The monoisotopic (exact) mass is 256 g/mol. The van der Waals surface area contributed by atoms with Crippen molar-refractivity contribution in [1.82, 2.24) is 0 Å². The van der Waals surface area contributed by atoms with Crippen molar-refractivity contribution in [3.63, 3.8) is 0 Å². The summed E-state index contributed by atoms with van der Waals surface area (Å²) in [7, 11) is 0. The van der Waals surface area contributed by atoms with Crippen molar-refractivity contribution in [3.05, 3.63) is 59.9 Å². The highest BCUT2D eigenvalue weighted by molar-refractivity contribution is 6.07. The average Bonchev–Trinajstić information content (AvgIpc) is 2.78. The Labute approximate surface area is 107 Å². The SMILES string of the molecule is O=C(O)c1c(-c2ccc(F)cc2)oc2ccccc12. The standard InChI is InChI=1S/C15H9FO3/c16-10-7-5-9(6-8-10)14-13(15(17)18)11-3-1-2-4-12(11)19-14/h1-8H,(H,17,18). The second kappa shape index (κ2) is 4.24. The zero-order valence-corrected chi connectivity index (χ0v) is 9.76. The number of para-hydroxylation sites is 1. The maximum Gasteiger partial charge on any atom is 0.340 e. The fraction of sp³-hybridized carbons (Fsp3) is 0. The van der Waals surface area contributed by atoms with Crippen molar-refractivity contribution < 1.29 is 18.7 Å². The van der Waals surface area contributed by atoms with E-state index in [1.807, 2.05) is 0 Å². The van der Waals surface area contributed by atoms with Gasteiger partial charge in [-0.15, -0.1) is 0 Å². The van der Waals surface area contributed by atoms with Crippen LogP contribution in [0.4, 0.5) is 4.39 Å². The summed E-state index contributed by atoms with van der Waals surface area (Å²) >= 11 is 0. The molecule has 0 saturated carbocycles. The van der Waals surface area contributed by atoms with Crippen molar-refractivity contribution in [2.75, 3.05) is 0 Å². The summed E-state index contributed by atoms with van der Waals surface area (Å²) in [5.41, 5.74) is 1.14. The predicted molar refractivity (Wildman–Crippen MR) is 68.6 cm³/mol. The molecule has 2 aromatic carbocycles. The first-order valence-corrected chi connectivity index (χ1v) is 5.67. The smallest absolute Gasteiger partial charge is 0.340 e. The first-order chi connectivity index (χ1) is 9.16. The summed E-state index contributed by atoms with van der Waals surface area (Å²) in [5, 5.41) is 9.87. The largest absolute Gasteiger partial charge is 0.478 e. The zero-order valence-electron chi connectivity index (χ0n) is 9.76. The molecule has 0 spiro atoms. The van der Waals surface area contributed by atoms with Crippen LogP contribution in [0.2, 0.25) is 0 Å². The zero-order chi connectivity index (χ0) is 13.4. The minimum atomic E-state index is -1.07. The number of aromatic carboxylic acids is 1. The Morgan fingerprint density at radius 1 is 1.05 bits per heavy atom. The van der Waals surface area contributed by atoms with Crippen LogP contribution in [0.1, 0.15) is 10.4 Å². The van der Waals surface area contributed by atoms with Gasteiger partial charge in [-0.05, 0) is 30.3 Å². The molecule has 0 fully saturated rings. The molecule has 4 heteroatoms. The van der Waals surface area contributed by atoms with Crippen LogP contribution < -0.4 is 0 Å². The molecule has 0 aliphatic rings. The van der Waals surface area contributed by atoms with Crippen LogP contribution in [-0.4, -0.2) is 11.1 Å². The number of benzene rings is 2. The van der Waals surface area contributed by atoms with Gasteiger partial charge in [0.2, 0.25) is 0 Å². The van der Waals surface area contributed by atoms with Crippen LogP contribution in [0.3, 0.4) is 0 Å². The molecule has 1 aromatic heterocycles. The third-order valence-corrected chi connectivity index (χ3v) is 2.92. The first-order valence-electron chi connectivity index (χ1n) is 5.67. The van der Waals surface area contributed by atoms with Crippen LogP contribution in [-0.2, 0) is 0 Å². The summed E-state index contributed by atoms with van der Waals surface area (Å²) in [6, 6.07) is 12.5. The molecule has 0 aliphatic carbocycles. The second-order valence-electron chi connectivity index (χ2n) is 4.11. The Hall–Kier alpha value is -2.62. The van der Waals surface area contributed by atoms with E-state index in [2.05, 4.69) is 0 Å². The van der Waals surface area contributed by atoms with Crippen LogP contribution in [0.25, 0.3) is 22.3 Å². The Kier molecular flexibility index (Phi) is 2.56. The average molecular weight is 256 g/mol. The molecule has 0 aliphatic heterocycles. The Morgan fingerprint density at radius 2 is 1.74 bits per heavy atom. The summed E-state index contributed by atoms with van der Waals surface area (Å²) in [6.07, 6.45) is 0. The molecule has 3 nitrogen and oxygen atoms in total. The molecule has 0 unspecified atom stereocenters. The number of carbonyl (C=O) groups is 1. The highest BCUT2D eigenvalue weighted by Crippen LogP contribution is 2.33. The van der Waals surface area contributed by atoms with E-state index in [9.17, 15) is 14.3 Å². The van der Waals surface area contributed by atoms with Gasteiger partial charge < -0.3 is 9.52 Å². The van der Waals surface area contributed by atoms with Crippen molar-refractivity contribution in [1.29, 1.82) is 0 Å². The molecule has 1 heterocycles. The minimum absolute atomic E-state index is 0.0993. The molecule has 1 N–H and O–H groups in total. The Morgan fingerprint density at radius 3 is 2.42 bits per heavy atom. The van der Waals surface area contributed by atoms with E-state index in [0.717, 1.165) is 0 Å². The molecular weight excluding hydrogens is 247 g/mol. The van der Waals surface area contributed by atoms with Crippen LogP contribution in [0.15, 0.2) is 52.9 Å². The van der Waals surface area contributed by atoms with Gasteiger partial charge in [-0.3, -0.25) is 0 Å². The maximum absolute atomic E-state index is 12.9. The van der Waals surface area contributed by atoms with Gasteiger partial charge in [-0.25, -0.2) is 9.18 Å². The highest BCUT2D eigenvalue weighted by Gasteiger charge is 2.21. The Balaban J connectivity index is 2.31. The molecule has 0 amide bonds. The number of hydrogen-bond donors (Lipinski definition) is 1. The molecule has 3 rings (SSSR count). The van der Waals surface area contributed by atoms with E-state index in [1.54, 1.807) is 24.3 Å². The van der Waals surface area contributed by atoms with Gasteiger partial charge >= 0.3 is 5.97 Å². The van der Waals surface area contributed by atoms with Gasteiger partial charge in [-0.2, -0.15) is 0 Å². The normalized spacial score (nSPS) is 10.8. The fourth-order valence-corrected chi connectivity index (χ4v) is 2.06. The van der Waals surface area contributed by atoms with Gasteiger partial charge in [0.25, 0.3) is 0 Å². The summed E-state index contributed by atoms with van der Waals surface area (Å²) in [6.45, 7) is 0. The van der Waals surface area contributed by atoms with Crippen molar-refractivity contribution in [3.8, 4) is 11.3 Å². The number of furan rings is 1. The van der Waals surface area contributed by atoms with Crippen molar-refractivity contribution in [2.24, 2.45) is 0 Å². The lowest BCUT2D eigenvalue weighted by molar-refractivity contribution is 0.0699. The van der Waals surface area contributed by atoms with Crippen LogP contribution in [0.5, 0.6) is 0 Å². The fourth-order valence-electron chi connectivity index (χ4n) is 2.06. The number of carboxylic acid groups (broad SMARTS) is 1. The van der Waals surface area contributed by atoms with Crippen LogP contribution in [0, 0.1) is 5.82 Å². The van der Waals surface area contributed by atoms with E-state index in [0.29, 0.717) is 16.5 Å². The first kappa shape index (κ1) is 11.5. The minimum Gasteiger partial charge on any atom is -0.478 e. The molecule has 3 aromatic rings. The van der Waals surface area contributed by atoms with E-state index in [-0.39, 0.29) is 17.1 Å². The molecule has 94 valence electrons. The Bertz CT molecular complexity index is 757. The molecule has 0 atom stereocenters. The number of fused-ring (bicyclic) bond motifs is 1. The summed E-state index contributed by atoms with van der Waals surface area (Å²) in [5.74, 6) is -1.20. The van der Waals surface area contributed by atoms with E-state index in [1.165, 1.54) is 24.3 Å². The van der Waals surface area contributed by atoms with E-state index >= 15 is 0 Å². The second-order valence-corrected chi connectivity index (χ2v) is 4.11. The third-order valence-electron chi connectivity index (χ3n) is 2.92. The maximum atomic E-state index is 12.9. The lowest BCUT2D eigenvalue weighted by atomic mass is 10.1. The topological polar surface area (TPSA) is 50.4 Å². The van der Waals surface area contributed by atoms with E-state index < -0.39 is 5.97 Å². The number of carboxylic acids is 1. The summed E-state index contributed by atoms with van der Waals surface area (Å²) < 4.78 is 18.5. The van der Waals surface area contributed by atoms with Gasteiger partial charge in [-0.1, -0.05) is 18.2 Å². The molecule has 0 bridgehead atoms. The van der Waals surface area contributed by atoms with Gasteiger partial charge in [0.1, 0.15) is 22.7 Å². The highest BCUT2D eigenvalue weighted by atomic mass is 19.1. The molecule has 0 radical (unpaired) electrons. The summed E-state index contributed by atoms with van der Waals surface area (Å²) in [4.78, 5) is 11.4. The number of halogens is 1.